The second kappa shape index (κ2) is 4.45. The predicted molar refractivity (Wildman–Crippen MR) is 40.8 cm³/mol. The molecular formula is C8H16O2. The van der Waals surface area contributed by atoms with Crippen molar-refractivity contribution in [1.29, 1.82) is 0 Å². The number of ketones is 1. The minimum absolute atomic E-state index is 0.00921. The SMILES string of the molecule is CCC(C)C(=O)C(O)CC. The van der Waals surface area contributed by atoms with E-state index >= 15 is 0 Å². The fraction of sp³-hybridized carbons (Fsp3) is 0.875. The first kappa shape index (κ1) is 9.63. The summed E-state index contributed by atoms with van der Waals surface area (Å²) in [5, 5.41) is 9.08. The third-order valence-corrected chi connectivity index (χ3v) is 1.81. The van der Waals surface area contributed by atoms with Gasteiger partial charge in [0.05, 0.1) is 0 Å². The normalized spacial score (nSPS) is 16.4. The van der Waals surface area contributed by atoms with Crippen LogP contribution in [0.1, 0.15) is 33.6 Å². The number of aliphatic hydroxyl groups is 1. The number of carbonyl (C=O) groups excluding carboxylic acids is 1. The zero-order valence-corrected chi connectivity index (χ0v) is 6.92. The van der Waals surface area contributed by atoms with Crippen LogP contribution >= 0.6 is 0 Å². The molecule has 0 aliphatic carbocycles. The molecule has 2 unspecified atom stereocenters. The lowest BCUT2D eigenvalue weighted by Crippen LogP contribution is -2.25. The van der Waals surface area contributed by atoms with Gasteiger partial charge in [0.1, 0.15) is 6.10 Å². The van der Waals surface area contributed by atoms with Crippen molar-refractivity contribution in [3.05, 3.63) is 0 Å². The maximum absolute atomic E-state index is 11.1. The molecule has 0 aliphatic rings. The number of hydrogen-bond acceptors (Lipinski definition) is 2. The summed E-state index contributed by atoms with van der Waals surface area (Å²) in [5.74, 6) is -0.0139. The van der Waals surface area contributed by atoms with Crippen molar-refractivity contribution in [2.24, 2.45) is 5.92 Å². The Kier molecular flexibility index (Phi) is 4.28. The van der Waals surface area contributed by atoms with Crippen LogP contribution in [0, 0.1) is 5.92 Å². The topological polar surface area (TPSA) is 37.3 Å². The first-order valence-electron chi connectivity index (χ1n) is 3.85. The average molecular weight is 144 g/mol. The van der Waals surface area contributed by atoms with Gasteiger partial charge >= 0.3 is 0 Å². The molecule has 2 atom stereocenters. The van der Waals surface area contributed by atoms with Crippen molar-refractivity contribution in [2.75, 3.05) is 0 Å². The van der Waals surface area contributed by atoms with Crippen LogP contribution in [0.25, 0.3) is 0 Å². The average Bonchev–Trinajstić information content (AvgIpc) is 2.00. The standard InChI is InChI=1S/C8H16O2/c1-4-6(3)8(10)7(9)5-2/h6-7,9H,4-5H2,1-3H3. The number of Topliss-reactive ketones (excluding diaryl/α,β-unsaturated/α-hetero) is 1. The summed E-state index contributed by atoms with van der Waals surface area (Å²) in [5.41, 5.74) is 0. The van der Waals surface area contributed by atoms with Gasteiger partial charge in [-0.15, -0.1) is 0 Å². The molecule has 1 N–H and O–H groups in total. The van der Waals surface area contributed by atoms with Crippen molar-refractivity contribution in [2.45, 2.75) is 39.7 Å². The molecule has 2 nitrogen and oxygen atoms in total. The second-order valence-corrected chi connectivity index (χ2v) is 2.64. The van der Waals surface area contributed by atoms with E-state index in [4.69, 9.17) is 5.11 Å². The summed E-state index contributed by atoms with van der Waals surface area (Å²) in [6, 6.07) is 0. The maximum atomic E-state index is 11.1. The van der Waals surface area contributed by atoms with E-state index < -0.39 is 6.10 Å². The molecule has 0 aromatic rings. The Balaban J connectivity index is 3.82. The second-order valence-electron chi connectivity index (χ2n) is 2.64. The van der Waals surface area contributed by atoms with Gasteiger partial charge in [0, 0.05) is 5.92 Å². The monoisotopic (exact) mass is 144 g/mol. The third kappa shape index (κ3) is 2.48. The van der Waals surface area contributed by atoms with Crippen molar-refractivity contribution in [3.63, 3.8) is 0 Å². The Morgan fingerprint density at radius 1 is 1.40 bits per heavy atom. The molecule has 2 heteroatoms. The first-order chi connectivity index (χ1) is 4.63. The van der Waals surface area contributed by atoms with E-state index in [0.717, 1.165) is 6.42 Å². The molecule has 0 rings (SSSR count). The van der Waals surface area contributed by atoms with Gasteiger partial charge in [0.25, 0.3) is 0 Å². The molecule has 0 bridgehead atoms. The lowest BCUT2D eigenvalue weighted by atomic mass is 9.98. The minimum atomic E-state index is -0.741. The van der Waals surface area contributed by atoms with Crippen LogP contribution in [0.2, 0.25) is 0 Å². The lowest BCUT2D eigenvalue weighted by molar-refractivity contribution is -0.130. The van der Waals surface area contributed by atoms with Gasteiger partial charge < -0.3 is 5.11 Å². The number of carbonyl (C=O) groups is 1. The van der Waals surface area contributed by atoms with Gasteiger partial charge in [-0.3, -0.25) is 4.79 Å². The first-order valence-corrected chi connectivity index (χ1v) is 3.85. The zero-order valence-electron chi connectivity index (χ0n) is 6.92. The summed E-state index contributed by atoms with van der Waals surface area (Å²) in [7, 11) is 0. The molecule has 0 aromatic heterocycles. The fourth-order valence-electron chi connectivity index (χ4n) is 0.731. The Morgan fingerprint density at radius 2 is 1.90 bits per heavy atom. The van der Waals surface area contributed by atoms with Crippen LogP contribution in [0.5, 0.6) is 0 Å². The van der Waals surface area contributed by atoms with Gasteiger partial charge in [-0.25, -0.2) is 0 Å². The van der Waals surface area contributed by atoms with E-state index in [1.165, 1.54) is 0 Å². The Hall–Kier alpha value is -0.370. The van der Waals surface area contributed by atoms with E-state index in [2.05, 4.69) is 0 Å². The fourth-order valence-corrected chi connectivity index (χ4v) is 0.731. The minimum Gasteiger partial charge on any atom is -0.385 e. The molecule has 0 aliphatic heterocycles. The Morgan fingerprint density at radius 3 is 2.20 bits per heavy atom. The number of rotatable bonds is 4. The maximum Gasteiger partial charge on any atom is 0.164 e. The van der Waals surface area contributed by atoms with E-state index in [1.54, 1.807) is 0 Å². The van der Waals surface area contributed by atoms with Crippen LogP contribution in [0.3, 0.4) is 0 Å². The number of hydrogen-bond donors (Lipinski definition) is 1. The van der Waals surface area contributed by atoms with Crippen LogP contribution in [-0.2, 0) is 4.79 Å². The van der Waals surface area contributed by atoms with Gasteiger partial charge in [-0.1, -0.05) is 20.8 Å². The highest BCUT2D eigenvalue weighted by Crippen LogP contribution is 2.06. The molecule has 60 valence electrons. The van der Waals surface area contributed by atoms with Crippen LogP contribution < -0.4 is 0 Å². The highest BCUT2D eigenvalue weighted by molar-refractivity contribution is 5.84. The molecule has 0 saturated carbocycles. The largest absolute Gasteiger partial charge is 0.385 e. The highest BCUT2D eigenvalue weighted by atomic mass is 16.3. The van der Waals surface area contributed by atoms with E-state index in [-0.39, 0.29) is 11.7 Å². The molecule has 0 spiro atoms. The van der Waals surface area contributed by atoms with Gasteiger partial charge in [0.2, 0.25) is 0 Å². The molecule has 0 aromatic carbocycles. The summed E-state index contributed by atoms with van der Waals surface area (Å²) >= 11 is 0. The molecular weight excluding hydrogens is 128 g/mol. The smallest absolute Gasteiger partial charge is 0.164 e. The van der Waals surface area contributed by atoms with Crippen molar-refractivity contribution in [1.82, 2.24) is 0 Å². The van der Waals surface area contributed by atoms with E-state index in [9.17, 15) is 4.79 Å². The third-order valence-electron chi connectivity index (χ3n) is 1.81. The van der Waals surface area contributed by atoms with Crippen molar-refractivity contribution >= 4 is 5.78 Å². The van der Waals surface area contributed by atoms with Crippen molar-refractivity contribution < 1.29 is 9.90 Å². The van der Waals surface area contributed by atoms with Crippen LogP contribution in [0.15, 0.2) is 0 Å². The number of aliphatic hydroxyl groups excluding tert-OH is 1. The zero-order chi connectivity index (χ0) is 8.15. The summed E-state index contributed by atoms with van der Waals surface area (Å²) < 4.78 is 0. The lowest BCUT2D eigenvalue weighted by Gasteiger charge is -2.10. The van der Waals surface area contributed by atoms with Gasteiger partial charge in [0.15, 0.2) is 5.78 Å². The quantitative estimate of drug-likeness (QED) is 0.647. The summed E-state index contributed by atoms with van der Waals surface area (Å²) in [6.45, 7) is 5.61. The Bertz CT molecular complexity index is 97.8. The summed E-state index contributed by atoms with van der Waals surface area (Å²) in [6.07, 6.45) is 0.606. The summed E-state index contributed by atoms with van der Waals surface area (Å²) in [4.78, 5) is 11.1. The van der Waals surface area contributed by atoms with E-state index in [0.29, 0.717) is 6.42 Å². The van der Waals surface area contributed by atoms with Crippen LogP contribution in [-0.4, -0.2) is 17.0 Å². The highest BCUT2D eigenvalue weighted by Gasteiger charge is 2.17. The van der Waals surface area contributed by atoms with Crippen LogP contribution in [0.4, 0.5) is 0 Å². The molecule has 0 fully saturated rings. The molecule has 0 heterocycles. The molecule has 0 amide bonds. The van der Waals surface area contributed by atoms with Gasteiger partial charge in [-0.05, 0) is 12.8 Å². The van der Waals surface area contributed by atoms with E-state index in [1.807, 2.05) is 20.8 Å². The predicted octanol–water partition coefficient (Wildman–Crippen LogP) is 1.37. The Labute approximate surface area is 62.2 Å². The van der Waals surface area contributed by atoms with Crippen molar-refractivity contribution in [3.8, 4) is 0 Å². The molecule has 0 radical (unpaired) electrons. The molecule has 0 saturated heterocycles. The van der Waals surface area contributed by atoms with Gasteiger partial charge in [-0.2, -0.15) is 0 Å². The molecule has 10 heavy (non-hydrogen) atoms.